The van der Waals surface area contributed by atoms with Gasteiger partial charge in [0.2, 0.25) is 21.5 Å². The lowest BCUT2D eigenvalue weighted by atomic mass is 9.80. The number of ether oxygens (including phenoxy) is 2. The first-order chi connectivity index (χ1) is 17.1. The second-order valence-corrected chi connectivity index (χ2v) is 12.2. The Morgan fingerprint density at radius 1 is 1.08 bits per heavy atom. The fraction of sp³-hybridized carbons (Fsp3) is 0.407. The molecule has 3 atom stereocenters. The quantitative estimate of drug-likeness (QED) is 0.527. The third-order valence-corrected chi connectivity index (χ3v) is 8.35. The molecule has 1 N–H and O–H groups in total. The van der Waals surface area contributed by atoms with Gasteiger partial charge in [-0.25, -0.2) is 8.42 Å². The van der Waals surface area contributed by atoms with Crippen LogP contribution in [0.3, 0.4) is 0 Å². The molecule has 1 aliphatic heterocycles. The second kappa shape index (κ2) is 9.36. The van der Waals surface area contributed by atoms with Crippen molar-refractivity contribution in [2.75, 3.05) is 13.2 Å². The Hall–Kier alpha value is -2.50. The summed E-state index contributed by atoms with van der Waals surface area (Å²) in [5, 5.41) is 11.7. The minimum atomic E-state index is -4.78. The van der Waals surface area contributed by atoms with Crippen LogP contribution in [0.2, 0.25) is 0 Å². The second-order valence-electron chi connectivity index (χ2n) is 10.3. The molecule has 37 heavy (non-hydrogen) atoms. The molecule has 200 valence electrons. The number of allylic oxidation sites excluding steroid dienone is 2. The third kappa shape index (κ3) is 5.26. The third-order valence-electron chi connectivity index (χ3n) is 6.48. The molecule has 0 saturated carbocycles. The van der Waals surface area contributed by atoms with Gasteiger partial charge in [-0.05, 0) is 47.8 Å². The van der Waals surface area contributed by atoms with Gasteiger partial charge in [0.15, 0.2) is 0 Å². The minimum absolute atomic E-state index is 0.0896. The summed E-state index contributed by atoms with van der Waals surface area (Å²) in [4.78, 5) is -0.0896. The Kier molecular flexibility index (Phi) is 6.96. The predicted molar refractivity (Wildman–Crippen MR) is 132 cm³/mol. The number of nitrogens with zero attached hydrogens (tertiary/aromatic N) is 1. The van der Waals surface area contributed by atoms with Crippen LogP contribution in [0.1, 0.15) is 38.0 Å². The van der Waals surface area contributed by atoms with Gasteiger partial charge < -0.3 is 14.6 Å². The Morgan fingerprint density at radius 2 is 1.70 bits per heavy atom. The Bertz CT molecular complexity index is 1300. The maximum absolute atomic E-state index is 14.0. The number of rotatable bonds is 5. The van der Waals surface area contributed by atoms with Gasteiger partial charge in [0.1, 0.15) is 6.61 Å². The molecule has 2 aromatic carbocycles. The van der Waals surface area contributed by atoms with Crippen molar-refractivity contribution in [2.45, 2.75) is 56.4 Å². The number of sulfonamides is 1. The molecular formula is C27H30F3NO5S. The van der Waals surface area contributed by atoms with Gasteiger partial charge in [0.25, 0.3) is 0 Å². The summed E-state index contributed by atoms with van der Waals surface area (Å²) in [5.41, 5.74) is -0.885. The number of alkyl halides is 3. The molecule has 0 bridgehead atoms. The zero-order valence-corrected chi connectivity index (χ0v) is 21.8. The lowest BCUT2D eigenvalue weighted by Gasteiger charge is -2.47. The van der Waals surface area contributed by atoms with Crippen molar-refractivity contribution in [1.29, 1.82) is 0 Å². The summed E-state index contributed by atoms with van der Waals surface area (Å²) in [6.45, 7) is 5.31. The highest BCUT2D eigenvalue weighted by Gasteiger charge is 2.65. The van der Waals surface area contributed by atoms with Crippen LogP contribution >= 0.6 is 0 Å². The van der Waals surface area contributed by atoms with Crippen LogP contribution in [0.15, 0.2) is 83.3 Å². The molecule has 1 heterocycles. The first-order valence-corrected chi connectivity index (χ1v) is 13.2. The van der Waals surface area contributed by atoms with E-state index in [1.165, 1.54) is 24.3 Å². The van der Waals surface area contributed by atoms with Gasteiger partial charge >= 0.3 is 6.18 Å². The fourth-order valence-electron chi connectivity index (χ4n) is 4.42. The molecule has 1 spiro atoms. The highest BCUT2D eigenvalue weighted by molar-refractivity contribution is 7.89. The van der Waals surface area contributed by atoms with Crippen molar-refractivity contribution in [3.63, 3.8) is 0 Å². The molecule has 2 aliphatic rings. The number of benzene rings is 2. The molecule has 0 aromatic heterocycles. The van der Waals surface area contributed by atoms with Gasteiger partial charge in [-0.3, -0.25) is 0 Å². The zero-order chi connectivity index (χ0) is 27.3. The monoisotopic (exact) mass is 537 g/mol. The molecule has 0 amide bonds. The van der Waals surface area contributed by atoms with Crippen LogP contribution < -0.4 is 0 Å². The van der Waals surface area contributed by atoms with Crippen molar-refractivity contribution in [2.24, 2.45) is 5.41 Å². The average Bonchev–Trinajstić information content (AvgIpc) is 3.21. The van der Waals surface area contributed by atoms with E-state index < -0.39 is 45.8 Å². The Balaban J connectivity index is 1.94. The molecule has 1 fully saturated rings. The van der Waals surface area contributed by atoms with Gasteiger partial charge in [-0.2, -0.15) is 17.5 Å². The highest BCUT2D eigenvalue weighted by atomic mass is 32.2. The van der Waals surface area contributed by atoms with Gasteiger partial charge in [-0.1, -0.05) is 74.9 Å². The van der Waals surface area contributed by atoms with Crippen molar-refractivity contribution >= 4 is 10.0 Å². The smallest absolute Gasteiger partial charge is 0.359 e. The van der Waals surface area contributed by atoms with E-state index in [1.54, 1.807) is 49.4 Å². The number of hydrogen-bond acceptors (Lipinski definition) is 5. The van der Waals surface area contributed by atoms with E-state index in [4.69, 9.17) is 9.47 Å². The van der Waals surface area contributed by atoms with E-state index in [0.717, 1.165) is 15.9 Å². The Labute approximate surface area is 215 Å². The summed E-state index contributed by atoms with van der Waals surface area (Å²) in [7, 11) is -4.39. The standard InChI is InChI=1S/C27H30F3NO5S/c1-19-10-12-22(13-11-19)37(33,34)31-17-23(20-8-6-5-7-9-20)36-25(31)16-21(24(2,3)4)14-15-26(25,32)35-18-27(28,29)30/h5-16,23,32H,17-18H2,1-4H3/t23-,25-,26?/m1/s1. The molecule has 1 unspecified atom stereocenters. The fourth-order valence-corrected chi connectivity index (χ4v) is 6.07. The average molecular weight is 538 g/mol. The summed E-state index contributed by atoms with van der Waals surface area (Å²) < 4.78 is 80.1. The number of halogens is 3. The zero-order valence-electron chi connectivity index (χ0n) is 21.0. The number of aryl methyl sites for hydroxylation is 1. The van der Waals surface area contributed by atoms with Crippen LogP contribution in [0.5, 0.6) is 0 Å². The van der Waals surface area contributed by atoms with E-state index in [2.05, 4.69) is 0 Å². The predicted octanol–water partition coefficient (Wildman–Crippen LogP) is 5.26. The van der Waals surface area contributed by atoms with Crippen molar-refractivity contribution in [3.8, 4) is 0 Å². The summed E-state index contributed by atoms with van der Waals surface area (Å²) >= 11 is 0. The van der Waals surface area contributed by atoms with Gasteiger partial charge in [0.05, 0.1) is 11.0 Å². The topological polar surface area (TPSA) is 76.1 Å². The first kappa shape index (κ1) is 27.5. The number of hydrogen-bond donors (Lipinski definition) is 1. The van der Waals surface area contributed by atoms with E-state index in [1.807, 2.05) is 20.8 Å². The SMILES string of the molecule is Cc1ccc(S(=O)(=O)N2C[C@H](c3ccccc3)O[C@@]23C=C(C(C)(C)C)C=CC3(O)OCC(F)(F)F)cc1. The lowest BCUT2D eigenvalue weighted by molar-refractivity contribution is -0.314. The summed E-state index contributed by atoms with van der Waals surface area (Å²) in [6.07, 6.45) is -1.82. The Morgan fingerprint density at radius 3 is 2.27 bits per heavy atom. The van der Waals surface area contributed by atoms with E-state index >= 15 is 0 Å². The molecule has 2 aromatic rings. The highest BCUT2D eigenvalue weighted by Crippen LogP contribution is 2.51. The summed E-state index contributed by atoms with van der Waals surface area (Å²) in [6, 6.07) is 14.8. The van der Waals surface area contributed by atoms with Crippen LogP contribution in [0.4, 0.5) is 13.2 Å². The molecule has 1 saturated heterocycles. The maximum Gasteiger partial charge on any atom is 0.411 e. The van der Waals surface area contributed by atoms with Gasteiger partial charge in [-0.15, -0.1) is 0 Å². The molecule has 4 rings (SSSR count). The van der Waals surface area contributed by atoms with Crippen molar-refractivity contribution < 1.29 is 36.2 Å². The molecular weight excluding hydrogens is 507 g/mol. The molecule has 0 radical (unpaired) electrons. The molecule has 6 nitrogen and oxygen atoms in total. The summed E-state index contributed by atoms with van der Waals surface area (Å²) in [5.74, 6) is -2.78. The van der Waals surface area contributed by atoms with Crippen LogP contribution in [0, 0.1) is 12.3 Å². The maximum atomic E-state index is 14.0. The minimum Gasteiger partial charge on any atom is -0.359 e. The van der Waals surface area contributed by atoms with Gasteiger partial charge in [0, 0.05) is 6.54 Å². The van der Waals surface area contributed by atoms with Crippen molar-refractivity contribution in [3.05, 3.63) is 89.5 Å². The lowest BCUT2D eigenvalue weighted by Crippen LogP contribution is -2.64. The molecule has 10 heteroatoms. The largest absolute Gasteiger partial charge is 0.411 e. The van der Waals surface area contributed by atoms with E-state index in [-0.39, 0.29) is 11.4 Å². The van der Waals surface area contributed by atoms with E-state index in [9.17, 15) is 26.7 Å². The normalized spacial score (nSPS) is 27.0. The first-order valence-electron chi connectivity index (χ1n) is 11.8. The molecule has 1 aliphatic carbocycles. The van der Waals surface area contributed by atoms with Crippen LogP contribution in [-0.4, -0.2) is 48.7 Å². The van der Waals surface area contributed by atoms with Crippen LogP contribution in [-0.2, 0) is 19.5 Å². The van der Waals surface area contributed by atoms with Crippen molar-refractivity contribution in [1.82, 2.24) is 4.31 Å². The number of aliphatic hydroxyl groups is 1. The van der Waals surface area contributed by atoms with E-state index in [0.29, 0.717) is 11.1 Å². The van der Waals surface area contributed by atoms with Crippen LogP contribution in [0.25, 0.3) is 0 Å².